The van der Waals surface area contributed by atoms with Gasteiger partial charge in [0.25, 0.3) is 5.91 Å². The van der Waals surface area contributed by atoms with E-state index in [4.69, 9.17) is 4.74 Å². The van der Waals surface area contributed by atoms with Crippen LogP contribution in [0.25, 0.3) is 0 Å². The molecule has 0 radical (unpaired) electrons. The van der Waals surface area contributed by atoms with Crippen molar-refractivity contribution in [2.45, 2.75) is 57.4 Å². The fraction of sp³-hybridized carbons (Fsp3) is 0.565. The number of amides is 1. The molecule has 1 aliphatic heterocycles. The maximum Gasteiger partial charge on any atom is 0.313 e. The van der Waals surface area contributed by atoms with Crippen LogP contribution in [0.3, 0.4) is 0 Å². The second-order valence-corrected chi connectivity index (χ2v) is 8.67. The Bertz CT molecular complexity index is 765. The molecule has 2 unspecified atom stereocenters. The number of cyclic esters (lactones) is 1. The van der Waals surface area contributed by atoms with Crippen LogP contribution in [-0.4, -0.2) is 36.5 Å². The third-order valence-electron chi connectivity index (χ3n) is 6.84. The Balaban J connectivity index is 1.53. The van der Waals surface area contributed by atoms with Crippen molar-refractivity contribution in [3.63, 3.8) is 0 Å². The van der Waals surface area contributed by atoms with E-state index in [0.717, 1.165) is 36.0 Å². The summed E-state index contributed by atoms with van der Waals surface area (Å²) in [5.74, 6) is 0.214. The van der Waals surface area contributed by atoms with Gasteiger partial charge in [-0.2, -0.15) is 0 Å². The standard InChI is InChI=1S/C23H29NO3/c1-16-11-19-15-27-22(26)23(19,13-16)14-17-7-6-8-18(12-17)21(25)24(2)20-9-4-3-5-10-20/h6-8,12,19-20H,1,3-5,9-11,13-15H2,2H3. The SMILES string of the molecule is C=C1CC2COC(=O)C2(Cc2cccc(C(=O)N(C)C3CCCCC3)c2)C1. The minimum atomic E-state index is -0.478. The minimum absolute atomic E-state index is 0.0858. The van der Waals surface area contributed by atoms with Crippen LogP contribution < -0.4 is 0 Å². The van der Waals surface area contributed by atoms with E-state index in [1.807, 2.05) is 36.2 Å². The molecule has 3 aliphatic rings. The first-order chi connectivity index (χ1) is 13.0. The van der Waals surface area contributed by atoms with Gasteiger partial charge in [-0.25, -0.2) is 0 Å². The van der Waals surface area contributed by atoms with Gasteiger partial charge < -0.3 is 9.64 Å². The number of ether oxygens (including phenoxy) is 1. The topological polar surface area (TPSA) is 46.6 Å². The van der Waals surface area contributed by atoms with Gasteiger partial charge in [-0.15, -0.1) is 0 Å². The van der Waals surface area contributed by atoms with Crippen molar-refractivity contribution in [2.24, 2.45) is 11.3 Å². The molecule has 1 amide bonds. The lowest BCUT2D eigenvalue weighted by Crippen LogP contribution is -2.38. The van der Waals surface area contributed by atoms with Crippen LogP contribution in [0, 0.1) is 11.3 Å². The summed E-state index contributed by atoms with van der Waals surface area (Å²) in [6, 6.07) is 8.17. The average molecular weight is 367 g/mol. The number of benzene rings is 1. The highest BCUT2D eigenvalue weighted by molar-refractivity contribution is 5.94. The normalized spacial score (nSPS) is 28.1. The molecule has 1 heterocycles. The molecular weight excluding hydrogens is 338 g/mol. The molecule has 0 bridgehead atoms. The van der Waals surface area contributed by atoms with E-state index in [1.165, 1.54) is 19.3 Å². The molecular formula is C23H29NO3. The molecule has 1 saturated heterocycles. The Hall–Kier alpha value is -2.10. The van der Waals surface area contributed by atoms with Gasteiger partial charge in [0.1, 0.15) is 0 Å². The molecule has 4 heteroatoms. The van der Waals surface area contributed by atoms with Gasteiger partial charge in [0, 0.05) is 24.6 Å². The van der Waals surface area contributed by atoms with E-state index in [2.05, 4.69) is 6.58 Å². The van der Waals surface area contributed by atoms with Crippen molar-refractivity contribution in [1.29, 1.82) is 0 Å². The quantitative estimate of drug-likeness (QED) is 0.593. The molecule has 2 saturated carbocycles. The number of carbonyl (C=O) groups is 2. The van der Waals surface area contributed by atoms with Gasteiger partial charge in [-0.05, 0) is 49.8 Å². The zero-order valence-electron chi connectivity index (χ0n) is 16.2. The van der Waals surface area contributed by atoms with Gasteiger partial charge >= 0.3 is 5.97 Å². The average Bonchev–Trinajstić information content (AvgIpc) is 3.15. The highest BCUT2D eigenvalue weighted by atomic mass is 16.5. The smallest absolute Gasteiger partial charge is 0.313 e. The molecule has 3 fully saturated rings. The van der Waals surface area contributed by atoms with Crippen molar-refractivity contribution in [2.75, 3.05) is 13.7 Å². The van der Waals surface area contributed by atoms with Crippen molar-refractivity contribution < 1.29 is 14.3 Å². The third-order valence-corrected chi connectivity index (χ3v) is 6.84. The van der Waals surface area contributed by atoms with E-state index in [1.54, 1.807) is 0 Å². The summed E-state index contributed by atoms with van der Waals surface area (Å²) in [5, 5.41) is 0. The van der Waals surface area contributed by atoms with E-state index in [-0.39, 0.29) is 17.8 Å². The summed E-state index contributed by atoms with van der Waals surface area (Å²) in [6.45, 7) is 4.61. The predicted octanol–water partition coefficient (Wildman–Crippen LogP) is 4.14. The molecule has 0 N–H and O–H groups in total. The second kappa shape index (κ2) is 7.14. The largest absolute Gasteiger partial charge is 0.465 e. The van der Waals surface area contributed by atoms with Crippen LogP contribution in [0.15, 0.2) is 36.4 Å². The van der Waals surface area contributed by atoms with Crippen LogP contribution in [0.5, 0.6) is 0 Å². The van der Waals surface area contributed by atoms with Gasteiger partial charge in [-0.1, -0.05) is 43.5 Å². The number of fused-ring (bicyclic) bond motifs is 1. The number of carbonyl (C=O) groups excluding carboxylic acids is 2. The predicted molar refractivity (Wildman–Crippen MR) is 104 cm³/mol. The fourth-order valence-electron chi connectivity index (χ4n) is 5.28. The lowest BCUT2D eigenvalue weighted by atomic mass is 9.75. The monoisotopic (exact) mass is 367 g/mol. The maximum atomic E-state index is 13.0. The van der Waals surface area contributed by atoms with Gasteiger partial charge in [0.2, 0.25) is 0 Å². The second-order valence-electron chi connectivity index (χ2n) is 8.67. The van der Waals surface area contributed by atoms with Gasteiger partial charge in [0.05, 0.1) is 12.0 Å². The Morgan fingerprint density at radius 2 is 2.07 bits per heavy atom. The lowest BCUT2D eigenvalue weighted by molar-refractivity contribution is -0.146. The molecule has 27 heavy (non-hydrogen) atoms. The van der Waals surface area contributed by atoms with E-state index in [0.29, 0.717) is 25.5 Å². The van der Waals surface area contributed by atoms with Crippen molar-refractivity contribution >= 4 is 11.9 Å². The number of hydrogen-bond acceptors (Lipinski definition) is 3. The molecule has 0 aromatic heterocycles. The zero-order valence-corrected chi connectivity index (χ0v) is 16.2. The first-order valence-electron chi connectivity index (χ1n) is 10.2. The van der Waals surface area contributed by atoms with Gasteiger partial charge in [-0.3, -0.25) is 9.59 Å². The number of nitrogens with zero attached hydrogens (tertiary/aromatic N) is 1. The van der Waals surface area contributed by atoms with Crippen LogP contribution >= 0.6 is 0 Å². The summed E-state index contributed by atoms with van der Waals surface area (Å²) < 4.78 is 5.38. The number of hydrogen-bond donors (Lipinski definition) is 0. The van der Waals surface area contributed by atoms with E-state index in [9.17, 15) is 9.59 Å². The number of allylic oxidation sites excluding steroid dienone is 1. The van der Waals surface area contributed by atoms with Gasteiger partial charge in [0.15, 0.2) is 0 Å². The zero-order chi connectivity index (χ0) is 19.0. The summed E-state index contributed by atoms with van der Waals surface area (Å²) in [7, 11) is 1.93. The summed E-state index contributed by atoms with van der Waals surface area (Å²) in [4.78, 5) is 27.4. The van der Waals surface area contributed by atoms with Crippen LogP contribution in [0.2, 0.25) is 0 Å². The summed E-state index contributed by atoms with van der Waals surface area (Å²) >= 11 is 0. The number of esters is 1. The van der Waals surface area contributed by atoms with Crippen LogP contribution in [0.1, 0.15) is 60.9 Å². The first kappa shape index (κ1) is 18.3. The highest BCUT2D eigenvalue weighted by Crippen LogP contribution is 2.52. The van der Waals surface area contributed by atoms with E-state index < -0.39 is 5.41 Å². The number of rotatable bonds is 4. The first-order valence-corrected chi connectivity index (χ1v) is 10.2. The van der Waals surface area contributed by atoms with E-state index >= 15 is 0 Å². The Labute approximate surface area is 161 Å². The van der Waals surface area contributed by atoms with Crippen LogP contribution in [0.4, 0.5) is 0 Å². The summed E-state index contributed by atoms with van der Waals surface area (Å²) in [5.41, 5.74) is 2.42. The molecule has 1 aromatic rings. The molecule has 2 aliphatic carbocycles. The Morgan fingerprint density at radius 1 is 1.30 bits per heavy atom. The van der Waals surface area contributed by atoms with Crippen molar-refractivity contribution in [3.8, 4) is 0 Å². The van der Waals surface area contributed by atoms with Crippen molar-refractivity contribution in [3.05, 3.63) is 47.5 Å². The Morgan fingerprint density at radius 3 is 2.85 bits per heavy atom. The summed E-state index contributed by atoms with van der Waals surface area (Å²) in [6.07, 6.45) is 8.09. The molecule has 1 aromatic carbocycles. The fourth-order valence-corrected chi connectivity index (χ4v) is 5.28. The molecule has 2 atom stereocenters. The highest BCUT2D eigenvalue weighted by Gasteiger charge is 2.55. The minimum Gasteiger partial charge on any atom is -0.465 e. The van der Waals surface area contributed by atoms with Crippen molar-refractivity contribution in [1.82, 2.24) is 4.90 Å². The Kier molecular flexibility index (Phi) is 4.83. The third kappa shape index (κ3) is 3.30. The molecule has 0 spiro atoms. The molecule has 144 valence electrons. The maximum absolute atomic E-state index is 13.0. The lowest BCUT2D eigenvalue weighted by Gasteiger charge is -2.31. The van der Waals surface area contributed by atoms with Crippen LogP contribution in [-0.2, 0) is 16.0 Å². The molecule has 4 rings (SSSR count). The molecule has 4 nitrogen and oxygen atoms in total.